The second-order valence-electron chi connectivity index (χ2n) is 8.59. The molecule has 0 bridgehead atoms. The molecule has 2 N–H and O–H groups in total. The van der Waals surface area contributed by atoms with Crippen LogP contribution < -0.4 is 0 Å². The lowest BCUT2D eigenvalue weighted by molar-refractivity contribution is -0.200. The Kier molecular flexibility index (Phi) is 11.1. The van der Waals surface area contributed by atoms with Gasteiger partial charge in [0.1, 0.15) is 0 Å². The summed E-state index contributed by atoms with van der Waals surface area (Å²) in [6, 6.07) is 6.24. The van der Waals surface area contributed by atoms with Crippen molar-refractivity contribution >= 4 is 23.3 Å². The van der Waals surface area contributed by atoms with Crippen molar-refractivity contribution in [2.75, 3.05) is 19.7 Å². The zero-order valence-corrected chi connectivity index (χ0v) is 20.9. The first-order valence-corrected chi connectivity index (χ1v) is 12.0. The first-order valence-electron chi connectivity index (χ1n) is 11.1. The molecule has 0 radical (unpaired) electrons. The lowest BCUT2D eigenvalue weighted by Crippen LogP contribution is -2.65. The Balaban J connectivity index is 0.000000301. The van der Waals surface area contributed by atoms with E-state index in [1.807, 2.05) is 35.9 Å². The quantitative estimate of drug-likeness (QED) is 0.498. The van der Waals surface area contributed by atoms with Crippen molar-refractivity contribution in [3.8, 4) is 0 Å². The number of hydrogen-bond donors (Lipinski definition) is 2. The number of carboxylic acid groups (broad SMARTS) is 2. The third kappa shape index (κ3) is 10.2. The van der Waals surface area contributed by atoms with Gasteiger partial charge in [-0.15, -0.1) is 11.3 Å². The van der Waals surface area contributed by atoms with Crippen molar-refractivity contribution < 1.29 is 55.6 Å². The third-order valence-corrected chi connectivity index (χ3v) is 6.53. The van der Waals surface area contributed by atoms with E-state index in [0.29, 0.717) is 12.7 Å². The van der Waals surface area contributed by atoms with Gasteiger partial charge in [0, 0.05) is 49.9 Å². The van der Waals surface area contributed by atoms with Crippen LogP contribution in [-0.4, -0.2) is 75.8 Å². The van der Waals surface area contributed by atoms with Crippen LogP contribution in [0.15, 0.2) is 36.0 Å². The number of halogens is 6. The van der Waals surface area contributed by atoms with Gasteiger partial charge in [-0.2, -0.15) is 26.3 Å². The molecule has 2 aliphatic rings. The van der Waals surface area contributed by atoms with Gasteiger partial charge >= 0.3 is 24.3 Å². The minimum atomic E-state index is -5.08. The number of ether oxygens (including phenoxy) is 2. The van der Waals surface area contributed by atoms with Crippen molar-refractivity contribution in [2.24, 2.45) is 0 Å². The maximum Gasteiger partial charge on any atom is 0.490 e. The normalized spacial score (nSPS) is 18.9. The molecular weight excluding hydrogens is 546 g/mol. The highest BCUT2D eigenvalue weighted by atomic mass is 32.1. The number of rotatable bonds is 5. The van der Waals surface area contributed by atoms with Gasteiger partial charge in [-0.05, 0) is 48.1 Å². The second-order valence-corrected chi connectivity index (χ2v) is 9.59. The van der Waals surface area contributed by atoms with E-state index in [-0.39, 0.29) is 5.60 Å². The van der Waals surface area contributed by atoms with Crippen molar-refractivity contribution in [3.63, 3.8) is 0 Å². The Labute approximate surface area is 217 Å². The Hall–Kier alpha value is -2.75. The highest BCUT2D eigenvalue weighted by Crippen LogP contribution is 2.37. The molecule has 212 valence electrons. The van der Waals surface area contributed by atoms with Crippen molar-refractivity contribution in [1.29, 1.82) is 0 Å². The van der Waals surface area contributed by atoms with Crippen LogP contribution in [0.25, 0.3) is 0 Å². The summed E-state index contributed by atoms with van der Waals surface area (Å²) in [4.78, 5) is 25.8. The maximum absolute atomic E-state index is 10.6. The molecule has 2 aromatic heterocycles. The number of aromatic nitrogens is 1. The highest BCUT2D eigenvalue weighted by molar-refractivity contribution is 7.10. The topological polar surface area (TPSA) is 109 Å². The minimum absolute atomic E-state index is 0.0202. The fraction of sp³-hybridized carbons (Fsp3) is 0.522. The van der Waals surface area contributed by atoms with Crippen LogP contribution >= 0.6 is 11.3 Å². The van der Waals surface area contributed by atoms with Crippen LogP contribution in [0.3, 0.4) is 0 Å². The molecule has 2 aliphatic heterocycles. The molecule has 15 heteroatoms. The molecule has 0 aromatic carbocycles. The molecule has 0 amide bonds. The number of aliphatic carboxylic acids is 2. The van der Waals surface area contributed by atoms with Crippen LogP contribution in [0.2, 0.25) is 0 Å². The van der Waals surface area contributed by atoms with Crippen LogP contribution in [-0.2, 0) is 32.2 Å². The summed E-state index contributed by atoms with van der Waals surface area (Å²) in [5, 5.41) is 16.4. The largest absolute Gasteiger partial charge is 0.490 e. The molecule has 1 atom stereocenters. The third-order valence-electron chi connectivity index (χ3n) is 5.53. The van der Waals surface area contributed by atoms with Crippen LogP contribution in [0.4, 0.5) is 26.3 Å². The van der Waals surface area contributed by atoms with Crippen molar-refractivity contribution in [2.45, 2.75) is 57.0 Å². The van der Waals surface area contributed by atoms with E-state index < -0.39 is 24.3 Å². The maximum atomic E-state index is 10.6. The first-order chi connectivity index (χ1) is 17.6. The average molecular weight is 573 g/mol. The van der Waals surface area contributed by atoms with Gasteiger partial charge in [-0.1, -0.05) is 0 Å². The monoisotopic (exact) mass is 572 g/mol. The summed E-state index contributed by atoms with van der Waals surface area (Å²) in [5.74, 6) is -5.51. The van der Waals surface area contributed by atoms with E-state index >= 15 is 0 Å². The summed E-state index contributed by atoms with van der Waals surface area (Å²) in [7, 11) is 0. The van der Waals surface area contributed by atoms with E-state index in [1.165, 1.54) is 16.0 Å². The number of pyridine rings is 1. The summed E-state index contributed by atoms with van der Waals surface area (Å²) in [5.41, 5.74) is 2.62. The van der Waals surface area contributed by atoms with Crippen LogP contribution in [0.5, 0.6) is 0 Å². The predicted octanol–water partition coefficient (Wildman–Crippen LogP) is 4.67. The molecule has 2 aromatic rings. The fourth-order valence-electron chi connectivity index (χ4n) is 3.69. The number of thiophene rings is 1. The van der Waals surface area contributed by atoms with Gasteiger partial charge in [0.05, 0.1) is 18.3 Å². The number of alkyl halides is 6. The fourth-order valence-corrected chi connectivity index (χ4v) is 4.64. The Morgan fingerprint density at radius 1 is 1.11 bits per heavy atom. The highest BCUT2D eigenvalue weighted by Gasteiger charge is 2.47. The Bertz CT molecular complexity index is 1020. The van der Waals surface area contributed by atoms with E-state index in [2.05, 4.69) is 28.3 Å². The molecule has 38 heavy (non-hydrogen) atoms. The van der Waals surface area contributed by atoms with E-state index in [4.69, 9.17) is 29.3 Å². The Morgan fingerprint density at radius 3 is 2.13 bits per heavy atom. The standard InChI is InChI=1S/C19H24N2O2S.2C2HF3O2/c1-15-5-9-24-18(15)11-21-13-19(14-21)10-17(4-8-23-19)22-12-16-2-6-20-7-3-16;2*3-2(4,5)1(6)7/h2-3,5-7,9,17H,4,8,10-14H2,1H3;2*(H,6,7). The molecule has 8 nitrogen and oxygen atoms in total. The number of aryl methyl sites for hydroxylation is 1. The number of carbonyl (C=O) groups is 2. The van der Waals surface area contributed by atoms with Gasteiger partial charge in [-0.3, -0.25) is 9.88 Å². The van der Waals surface area contributed by atoms with Crippen LogP contribution in [0, 0.1) is 6.92 Å². The van der Waals surface area contributed by atoms with E-state index in [1.54, 1.807) is 0 Å². The van der Waals surface area contributed by atoms with Gasteiger partial charge < -0.3 is 19.7 Å². The average Bonchev–Trinajstić information content (AvgIpc) is 3.21. The van der Waals surface area contributed by atoms with Gasteiger partial charge in [0.15, 0.2) is 0 Å². The lowest BCUT2D eigenvalue weighted by atomic mass is 9.84. The Morgan fingerprint density at radius 2 is 1.66 bits per heavy atom. The summed E-state index contributed by atoms with van der Waals surface area (Å²) in [6.45, 7) is 6.78. The summed E-state index contributed by atoms with van der Waals surface area (Å²) in [6.07, 6.45) is -4.21. The molecule has 0 saturated carbocycles. The number of hydrogen-bond acceptors (Lipinski definition) is 7. The predicted molar refractivity (Wildman–Crippen MR) is 122 cm³/mol. The molecule has 2 saturated heterocycles. The lowest BCUT2D eigenvalue weighted by Gasteiger charge is -2.53. The smallest absolute Gasteiger partial charge is 0.475 e. The van der Waals surface area contributed by atoms with Gasteiger partial charge in [0.25, 0.3) is 0 Å². The number of likely N-dealkylation sites (tertiary alicyclic amines) is 1. The summed E-state index contributed by atoms with van der Waals surface area (Å²) < 4.78 is 75.7. The minimum Gasteiger partial charge on any atom is -0.475 e. The molecule has 0 aliphatic carbocycles. The van der Waals surface area contributed by atoms with Crippen molar-refractivity contribution in [3.05, 3.63) is 52.0 Å². The van der Waals surface area contributed by atoms with Gasteiger partial charge in [0.2, 0.25) is 0 Å². The molecule has 1 unspecified atom stereocenters. The van der Waals surface area contributed by atoms with E-state index in [9.17, 15) is 26.3 Å². The zero-order valence-electron chi connectivity index (χ0n) is 20.1. The molecule has 2 fully saturated rings. The number of carboxylic acids is 2. The van der Waals surface area contributed by atoms with Crippen molar-refractivity contribution in [1.82, 2.24) is 9.88 Å². The van der Waals surface area contributed by atoms with Crippen LogP contribution in [0.1, 0.15) is 28.8 Å². The second kappa shape index (κ2) is 13.4. The SMILES string of the molecule is Cc1ccsc1CN1CC2(CC(OCc3ccncc3)CCO2)C1.O=C(O)C(F)(F)F.O=C(O)C(F)(F)F. The molecule has 1 spiro atoms. The molecule has 4 heterocycles. The number of nitrogens with zero attached hydrogens (tertiary/aromatic N) is 2. The first kappa shape index (κ1) is 31.5. The molecule has 4 rings (SSSR count). The van der Waals surface area contributed by atoms with Gasteiger partial charge in [-0.25, -0.2) is 9.59 Å². The molecular formula is C23H26F6N2O6S. The zero-order chi connectivity index (χ0) is 28.6. The van der Waals surface area contributed by atoms with E-state index in [0.717, 1.165) is 39.1 Å². The summed E-state index contributed by atoms with van der Waals surface area (Å²) >= 11 is 1.86.